The van der Waals surface area contributed by atoms with Gasteiger partial charge in [0.1, 0.15) is 0 Å². The third-order valence-electron chi connectivity index (χ3n) is 6.79. The molecule has 79 heavy (non-hydrogen) atoms. The summed E-state index contributed by atoms with van der Waals surface area (Å²) in [7, 11) is 0. The van der Waals surface area contributed by atoms with Crippen molar-refractivity contribution in [2.45, 2.75) is 166 Å². The maximum atomic E-state index is 5.36. The monoisotopic (exact) mass is 1540 g/mol. The topological polar surface area (TPSA) is 111 Å². The van der Waals surface area contributed by atoms with Gasteiger partial charge in [-0.25, -0.2) is 0 Å². The van der Waals surface area contributed by atoms with Crippen LogP contribution in [0.25, 0.3) is 0 Å². The summed E-state index contributed by atoms with van der Waals surface area (Å²) in [6, 6.07) is 0. The van der Waals surface area contributed by atoms with E-state index in [0.717, 1.165) is 0 Å². The summed E-state index contributed by atoms with van der Waals surface area (Å²) in [5, 5.41) is 0. The van der Waals surface area contributed by atoms with Crippen molar-refractivity contribution in [3.63, 3.8) is 0 Å². The van der Waals surface area contributed by atoms with Crippen LogP contribution in [-0.4, -0.2) is 79.3 Å². The maximum absolute atomic E-state index is 5.36. The summed E-state index contributed by atoms with van der Waals surface area (Å²) < 4.78 is 64.3. The molecule has 0 N–H and O–H groups in total. The van der Waals surface area contributed by atoms with Crippen molar-refractivity contribution >= 4 is 178 Å². The van der Waals surface area contributed by atoms with Gasteiger partial charge in [-0.2, -0.15) is 0 Å². The molecule has 0 aromatic heterocycles. The first-order valence-electron chi connectivity index (χ1n) is 26.6. The standard InChI is InChI=1S/6C8H19O2PS2.Mo/c6*1-7(2)5-9-11(12,13)10-6-8(3)4;/h6*7-8H,5-6H2,1-4H3,(H,12,13);/q;;;;;;+6/p-6. The van der Waals surface area contributed by atoms with Crippen molar-refractivity contribution in [3.05, 3.63) is 0 Å². The summed E-state index contributed by atoms with van der Waals surface area (Å²) in [4.78, 5) is 0. The summed E-state index contributed by atoms with van der Waals surface area (Å²) in [5.74, 6) is 5.42. The second kappa shape index (κ2) is 55.8. The Morgan fingerprint density at radius 2 is 0.241 bits per heavy atom. The molecule has 480 valence electrons. The minimum atomic E-state index is -2.38. The Balaban J connectivity index is -0.000000157. The first-order valence-corrected chi connectivity index (χ1v) is 48.5. The number of hydrogen-bond acceptors (Lipinski definition) is 24. The third-order valence-corrected chi connectivity index (χ3v) is 20.0. The third kappa shape index (κ3) is 93.0. The van der Waals surface area contributed by atoms with E-state index in [9.17, 15) is 0 Å². The zero-order chi connectivity index (χ0) is 62.9. The Kier molecular flexibility index (Phi) is 69.8. The molecule has 0 atom stereocenters. The van der Waals surface area contributed by atoms with Gasteiger partial charge in [0.25, 0.3) is 0 Å². The van der Waals surface area contributed by atoms with Crippen LogP contribution < -0.4 is 0 Å². The summed E-state index contributed by atoms with van der Waals surface area (Å²) in [6.45, 7) is 56.7. The molecular formula is C48H108MoO12P6S12. The smallest absolute Gasteiger partial charge is 0.691 e. The molecule has 0 fully saturated rings. The summed E-state index contributed by atoms with van der Waals surface area (Å²) >= 11 is 60.7. The SMILES string of the molecule is CC(C)COP(=S)([S-])OCC(C)C.CC(C)COP(=S)([S-])OCC(C)C.CC(C)COP(=S)([S-])OCC(C)C.CC(C)COP(=S)([S-])OCC(C)C.CC(C)COP(=S)([S-])OCC(C)C.CC(C)COP(=S)([S-])OCC(C)C.[Mo+6]. The predicted octanol–water partition coefficient (Wildman–Crippen LogP) is 18.6. The number of rotatable bonds is 36. The normalized spacial score (nSPS) is 12.7. The molecule has 0 bridgehead atoms. The molecule has 0 aromatic rings. The number of hydrogen-bond donors (Lipinski definition) is 0. The van der Waals surface area contributed by atoms with Crippen LogP contribution in [0, 0.1) is 71.0 Å². The van der Waals surface area contributed by atoms with Crippen molar-refractivity contribution in [1.82, 2.24) is 0 Å². The van der Waals surface area contributed by atoms with Crippen molar-refractivity contribution in [2.75, 3.05) is 79.3 Å². The molecule has 0 radical (unpaired) electrons. The van der Waals surface area contributed by atoms with Gasteiger partial charge in [-0.3, -0.25) is 0 Å². The van der Waals surface area contributed by atoms with Crippen LogP contribution >= 0.6 is 34.2 Å². The fraction of sp³-hybridized carbons (Fsp3) is 1.00. The Labute approximate surface area is 564 Å². The van der Waals surface area contributed by atoms with E-state index < -0.39 is 34.2 Å². The van der Waals surface area contributed by atoms with Crippen LogP contribution in [0.3, 0.4) is 0 Å². The van der Waals surface area contributed by atoms with Crippen molar-refractivity contribution in [1.29, 1.82) is 0 Å². The zero-order valence-electron chi connectivity index (χ0n) is 52.3. The van der Waals surface area contributed by atoms with E-state index in [1.807, 2.05) is 0 Å². The Morgan fingerprint density at radius 3 is 0.278 bits per heavy atom. The van der Waals surface area contributed by atoms with Crippen LogP contribution in [0.1, 0.15) is 166 Å². The molecule has 0 rings (SSSR count). The first-order chi connectivity index (χ1) is 35.0. The summed E-state index contributed by atoms with van der Waals surface area (Å²) in [5.41, 5.74) is -14.3. The molecule has 0 unspecified atom stereocenters. The minimum Gasteiger partial charge on any atom is -0.691 e. The molecule has 31 heteroatoms. The molecule has 0 saturated carbocycles. The molecule has 0 aliphatic rings. The van der Waals surface area contributed by atoms with Gasteiger partial charge in [0.15, 0.2) is 0 Å². The fourth-order valence-electron chi connectivity index (χ4n) is 3.11. The van der Waals surface area contributed by atoms with E-state index in [4.69, 9.17) is 199 Å². The maximum Gasteiger partial charge on any atom is 6.00 e. The predicted molar refractivity (Wildman–Crippen MR) is 379 cm³/mol. The van der Waals surface area contributed by atoms with Gasteiger partial charge in [0.2, 0.25) is 0 Å². The molecule has 12 nitrogen and oxygen atoms in total. The molecule has 0 aliphatic carbocycles. The zero-order valence-corrected chi connectivity index (χ0v) is 69.5. The summed E-state index contributed by atoms with van der Waals surface area (Å²) in [6.07, 6.45) is 0. The van der Waals surface area contributed by atoms with Crippen molar-refractivity contribution in [2.24, 2.45) is 71.0 Å². The molecule has 0 aromatic carbocycles. The Hall–Kier alpha value is 6.21. The molecule has 0 amide bonds. The van der Waals surface area contributed by atoms with Gasteiger partial charge in [0.05, 0.1) is 113 Å². The van der Waals surface area contributed by atoms with Gasteiger partial charge in [0, 0.05) is 0 Å². The largest absolute Gasteiger partial charge is 6.00 e. The van der Waals surface area contributed by atoms with Gasteiger partial charge in [-0.15, -0.1) is 0 Å². The average molecular weight is 1540 g/mol. The van der Waals surface area contributed by atoms with E-state index in [2.05, 4.69) is 166 Å². The van der Waals surface area contributed by atoms with E-state index >= 15 is 0 Å². The molecule has 0 heterocycles. The fourth-order valence-corrected chi connectivity index (χ4v) is 13.7. The first kappa shape index (κ1) is 98.8. The van der Waals surface area contributed by atoms with Crippen LogP contribution in [-0.2, 0) is 220 Å². The van der Waals surface area contributed by atoms with Gasteiger partial charge in [-0.05, 0) is 71.0 Å². The van der Waals surface area contributed by atoms with Gasteiger partial charge < -0.3 is 128 Å². The second-order valence-electron chi connectivity index (χ2n) is 23.0. The van der Waals surface area contributed by atoms with E-state index in [1.54, 1.807) is 0 Å². The van der Waals surface area contributed by atoms with Crippen molar-refractivity contribution in [3.8, 4) is 0 Å². The van der Waals surface area contributed by atoms with Crippen LogP contribution in [0.2, 0.25) is 0 Å². The molecular weight excluding hydrogens is 1440 g/mol. The Morgan fingerprint density at radius 1 is 0.190 bits per heavy atom. The van der Waals surface area contributed by atoms with Crippen molar-refractivity contribution < 1.29 is 75.4 Å². The van der Waals surface area contributed by atoms with E-state index in [-0.39, 0.29) is 21.1 Å². The molecule has 0 spiro atoms. The van der Waals surface area contributed by atoms with Crippen LogP contribution in [0.5, 0.6) is 0 Å². The van der Waals surface area contributed by atoms with Gasteiger partial charge in [-0.1, -0.05) is 237 Å². The molecule has 0 saturated heterocycles. The quantitative estimate of drug-likeness (QED) is 0.0337. The second-order valence-corrected chi connectivity index (χ2v) is 52.9. The minimum absolute atomic E-state index is 0. The molecule has 0 aliphatic heterocycles. The van der Waals surface area contributed by atoms with E-state index in [0.29, 0.717) is 150 Å². The van der Waals surface area contributed by atoms with Gasteiger partial charge >= 0.3 is 21.1 Å². The van der Waals surface area contributed by atoms with Crippen LogP contribution in [0.15, 0.2) is 0 Å². The van der Waals surface area contributed by atoms with E-state index in [1.165, 1.54) is 0 Å². The average Bonchev–Trinajstić information content (AvgIpc) is 3.28. The Bertz CT molecular complexity index is 1320. The van der Waals surface area contributed by atoms with Crippen LogP contribution in [0.4, 0.5) is 0 Å².